The molecule has 0 heterocycles. The van der Waals surface area contributed by atoms with Gasteiger partial charge in [0.25, 0.3) is 0 Å². The van der Waals surface area contributed by atoms with E-state index < -0.39 is 12.4 Å². The van der Waals surface area contributed by atoms with Crippen LogP contribution in [0.3, 0.4) is 0 Å². The van der Waals surface area contributed by atoms with Crippen LogP contribution in [0.2, 0.25) is 5.02 Å². The highest BCUT2D eigenvalue weighted by Gasteiger charge is 2.17. The molecule has 0 bridgehead atoms. The second kappa shape index (κ2) is 4.90. The Labute approximate surface area is 98.3 Å². The lowest BCUT2D eigenvalue weighted by Crippen LogP contribution is -2.07. The van der Waals surface area contributed by atoms with Gasteiger partial charge in [-0.15, -0.1) is 0 Å². The van der Waals surface area contributed by atoms with Crippen molar-refractivity contribution in [3.05, 3.63) is 27.2 Å². The molecule has 0 saturated heterocycles. The fourth-order valence-corrected chi connectivity index (χ4v) is 1.88. The third-order valence-corrected chi connectivity index (χ3v) is 2.33. The molecule has 0 radical (unpaired) electrons. The zero-order chi connectivity index (χ0) is 11.6. The normalized spacial score (nSPS) is 10.5. The van der Waals surface area contributed by atoms with Gasteiger partial charge in [-0.3, -0.25) is 4.79 Å². The zero-order valence-electron chi connectivity index (χ0n) is 7.56. The summed E-state index contributed by atoms with van der Waals surface area (Å²) in [5.41, 5.74) is 0.0228. The van der Waals surface area contributed by atoms with Crippen LogP contribution in [0.4, 0.5) is 8.78 Å². The van der Waals surface area contributed by atoms with E-state index in [1.165, 1.54) is 19.1 Å². The van der Waals surface area contributed by atoms with Crippen molar-refractivity contribution in [1.82, 2.24) is 0 Å². The Kier molecular flexibility index (Phi) is 4.04. The average Bonchev–Trinajstić information content (AvgIpc) is 2.08. The van der Waals surface area contributed by atoms with Crippen molar-refractivity contribution < 1.29 is 18.3 Å². The predicted octanol–water partition coefficient (Wildman–Crippen LogP) is 3.91. The van der Waals surface area contributed by atoms with E-state index in [0.717, 1.165) is 0 Å². The summed E-state index contributed by atoms with van der Waals surface area (Å²) >= 11 is 8.78. The van der Waals surface area contributed by atoms with Crippen LogP contribution < -0.4 is 4.74 Å². The van der Waals surface area contributed by atoms with Crippen LogP contribution in [0.25, 0.3) is 0 Å². The highest BCUT2D eigenvalue weighted by molar-refractivity contribution is 9.10. The van der Waals surface area contributed by atoms with Crippen LogP contribution in [0.15, 0.2) is 16.6 Å². The molecule has 0 N–H and O–H groups in total. The average molecular weight is 299 g/mol. The Balaban J connectivity index is 3.27. The quantitative estimate of drug-likeness (QED) is 0.791. The zero-order valence-corrected chi connectivity index (χ0v) is 9.90. The van der Waals surface area contributed by atoms with Gasteiger partial charge in [-0.2, -0.15) is 8.78 Å². The van der Waals surface area contributed by atoms with E-state index in [-0.39, 0.29) is 16.3 Å². The first-order chi connectivity index (χ1) is 6.91. The summed E-state index contributed by atoms with van der Waals surface area (Å²) in [5.74, 6) is -0.684. The number of carbonyl (C=O) groups excluding carboxylic acids is 1. The molecule has 0 aliphatic heterocycles. The summed E-state index contributed by atoms with van der Waals surface area (Å²) in [5, 5.41) is -0.0325. The fraction of sp³-hybridized carbons (Fsp3) is 0.222. The number of carbonyl (C=O) groups is 1. The lowest BCUT2D eigenvalue weighted by atomic mass is 10.1. The van der Waals surface area contributed by atoms with Crippen LogP contribution in [-0.4, -0.2) is 12.4 Å². The number of hydrogen-bond acceptors (Lipinski definition) is 2. The van der Waals surface area contributed by atoms with E-state index in [1.54, 1.807) is 0 Å². The van der Waals surface area contributed by atoms with Crippen molar-refractivity contribution in [3.8, 4) is 5.75 Å². The van der Waals surface area contributed by atoms with E-state index in [0.29, 0.717) is 4.47 Å². The Bertz CT molecular complexity index is 396. The highest BCUT2D eigenvalue weighted by atomic mass is 79.9. The summed E-state index contributed by atoms with van der Waals surface area (Å²) < 4.78 is 28.8. The molecular formula is C9H6BrClF2O2. The van der Waals surface area contributed by atoms with Crippen molar-refractivity contribution in [2.24, 2.45) is 0 Å². The van der Waals surface area contributed by atoms with Crippen molar-refractivity contribution in [3.63, 3.8) is 0 Å². The third kappa shape index (κ3) is 3.14. The van der Waals surface area contributed by atoms with Gasteiger partial charge in [0.2, 0.25) is 0 Å². The number of ether oxygens (including phenoxy) is 1. The van der Waals surface area contributed by atoms with Gasteiger partial charge >= 0.3 is 6.61 Å². The second-order valence-corrected chi connectivity index (χ2v) is 4.02. The maximum atomic E-state index is 12.0. The molecule has 1 rings (SSSR count). The standard InChI is InChI=1S/C9H6BrClF2O2/c1-4(14)6-2-5(10)3-7(11)8(6)15-9(12)13/h2-3,9H,1H3. The summed E-state index contributed by atoms with van der Waals surface area (Å²) in [6.45, 7) is -1.77. The number of ketones is 1. The number of Topliss-reactive ketones (excluding diaryl/α,β-unsaturated/α-hetero) is 1. The fourth-order valence-electron chi connectivity index (χ4n) is 1.03. The van der Waals surface area contributed by atoms with E-state index in [1.807, 2.05) is 0 Å². The lowest BCUT2D eigenvalue weighted by Gasteiger charge is -2.10. The monoisotopic (exact) mass is 298 g/mol. The molecule has 2 nitrogen and oxygen atoms in total. The molecule has 0 amide bonds. The third-order valence-electron chi connectivity index (χ3n) is 1.59. The molecule has 1 aromatic rings. The van der Waals surface area contributed by atoms with Crippen molar-refractivity contribution in [2.75, 3.05) is 0 Å². The highest BCUT2D eigenvalue weighted by Crippen LogP contribution is 2.33. The van der Waals surface area contributed by atoms with Gasteiger partial charge < -0.3 is 4.74 Å². The topological polar surface area (TPSA) is 26.3 Å². The molecule has 0 atom stereocenters. The van der Waals surface area contributed by atoms with E-state index in [9.17, 15) is 13.6 Å². The maximum Gasteiger partial charge on any atom is 0.387 e. The molecule has 1 aromatic carbocycles. The van der Waals surface area contributed by atoms with E-state index in [4.69, 9.17) is 11.6 Å². The molecular weight excluding hydrogens is 293 g/mol. The molecule has 0 fully saturated rings. The molecule has 0 spiro atoms. The Morgan fingerprint density at radius 3 is 2.60 bits per heavy atom. The van der Waals surface area contributed by atoms with Gasteiger partial charge in [0, 0.05) is 4.47 Å². The Morgan fingerprint density at radius 2 is 2.13 bits per heavy atom. The minimum atomic E-state index is -3.01. The predicted molar refractivity (Wildman–Crippen MR) is 55.8 cm³/mol. The van der Waals surface area contributed by atoms with Gasteiger partial charge in [0.05, 0.1) is 10.6 Å². The minimum absolute atomic E-state index is 0.0228. The molecule has 0 unspecified atom stereocenters. The van der Waals surface area contributed by atoms with Crippen LogP contribution in [0, 0.1) is 0 Å². The molecule has 0 aromatic heterocycles. The van der Waals surface area contributed by atoms with Crippen molar-refractivity contribution in [2.45, 2.75) is 13.5 Å². The largest absolute Gasteiger partial charge is 0.432 e. The van der Waals surface area contributed by atoms with Crippen LogP contribution in [0.5, 0.6) is 5.75 Å². The van der Waals surface area contributed by atoms with Gasteiger partial charge in [-0.05, 0) is 19.1 Å². The first-order valence-corrected chi connectivity index (χ1v) is 5.03. The van der Waals surface area contributed by atoms with Gasteiger partial charge in [0.1, 0.15) is 0 Å². The molecule has 0 aliphatic carbocycles. The van der Waals surface area contributed by atoms with E-state index in [2.05, 4.69) is 20.7 Å². The first-order valence-electron chi connectivity index (χ1n) is 3.86. The number of benzene rings is 1. The maximum absolute atomic E-state index is 12.0. The van der Waals surface area contributed by atoms with E-state index >= 15 is 0 Å². The first kappa shape index (κ1) is 12.4. The summed E-state index contributed by atoms with van der Waals surface area (Å²) in [7, 11) is 0. The van der Waals surface area contributed by atoms with Crippen LogP contribution >= 0.6 is 27.5 Å². The van der Waals surface area contributed by atoms with Crippen molar-refractivity contribution >= 4 is 33.3 Å². The number of rotatable bonds is 3. The number of halogens is 4. The second-order valence-electron chi connectivity index (χ2n) is 2.70. The SMILES string of the molecule is CC(=O)c1cc(Br)cc(Cl)c1OC(F)F. The van der Waals surface area contributed by atoms with Gasteiger partial charge in [-0.1, -0.05) is 27.5 Å². The summed E-state index contributed by atoms with van der Waals surface area (Å²) in [6, 6.07) is 2.76. The van der Waals surface area contributed by atoms with Gasteiger partial charge in [0.15, 0.2) is 11.5 Å². The van der Waals surface area contributed by atoms with Crippen LogP contribution in [-0.2, 0) is 0 Å². The Morgan fingerprint density at radius 1 is 1.53 bits per heavy atom. The molecule has 15 heavy (non-hydrogen) atoms. The molecule has 6 heteroatoms. The summed E-state index contributed by atoms with van der Waals surface area (Å²) in [4.78, 5) is 11.1. The smallest absolute Gasteiger partial charge is 0.387 e. The summed E-state index contributed by atoms with van der Waals surface area (Å²) in [6.07, 6.45) is 0. The van der Waals surface area contributed by atoms with Crippen LogP contribution in [0.1, 0.15) is 17.3 Å². The molecule has 82 valence electrons. The van der Waals surface area contributed by atoms with Crippen molar-refractivity contribution in [1.29, 1.82) is 0 Å². The Hall–Kier alpha value is -0.680. The number of alkyl halides is 2. The van der Waals surface area contributed by atoms with Gasteiger partial charge in [-0.25, -0.2) is 0 Å². The molecule has 0 saturated carbocycles. The molecule has 0 aliphatic rings. The lowest BCUT2D eigenvalue weighted by molar-refractivity contribution is -0.0500. The number of hydrogen-bond donors (Lipinski definition) is 0. The minimum Gasteiger partial charge on any atom is -0.432 e.